The van der Waals surface area contributed by atoms with E-state index in [9.17, 15) is 27.5 Å². The van der Waals surface area contributed by atoms with E-state index in [2.05, 4.69) is 5.32 Å². The first-order valence-corrected chi connectivity index (χ1v) is 7.94. The topological polar surface area (TPSA) is 67.8 Å². The summed E-state index contributed by atoms with van der Waals surface area (Å²) in [5, 5.41) is 12.4. The second-order valence-corrected chi connectivity index (χ2v) is 5.94. The first kappa shape index (κ1) is 18.8. The molecule has 1 aliphatic heterocycles. The lowest BCUT2D eigenvalue weighted by molar-refractivity contribution is -0.137. The molecule has 27 heavy (non-hydrogen) atoms. The average molecular weight is 385 g/mol. The van der Waals surface area contributed by atoms with Gasteiger partial charge in [-0.05, 0) is 17.7 Å². The molecule has 1 aliphatic rings. The average Bonchev–Trinajstić information content (AvgIpc) is 2.62. The number of hydrogen-bond donors (Lipinski definition) is 2. The lowest BCUT2D eigenvalue weighted by Gasteiger charge is -2.29. The summed E-state index contributed by atoms with van der Waals surface area (Å²) in [6, 6.07) is 5.40. The minimum Gasteiger partial charge on any atom is -0.502 e. The molecule has 0 aromatic heterocycles. The number of amides is 1. The van der Waals surface area contributed by atoms with Crippen LogP contribution in [-0.2, 0) is 11.0 Å². The molecule has 0 saturated carbocycles. The Morgan fingerprint density at radius 3 is 2.63 bits per heavy atom. The number of carbonyl (C=O) groups excluding carboxylic acids is 1. The van der Waals surface area contributed by atoms with Crippen molar-refractivity contribution in [3.8, 4) is 28.4 Å². The second kappa shape index (κ2) is 6.98. The number of carbonyl (C=O) groups is 1. The van der Waals surface area contributed by atoms with Gasteiger partial charge in [-0.3, -0.25) is 4.79 Å². The van der Waals surface area contributed by atoms with E-state index < -0.39 is 29.4 Å². The summed E-state index contributed by atoms with van der Waals surface area (Å²) in [5.74, 6) is -2.90. The first-order chi connectivity index (χ1) is 12.7. The number of rotatable bonds is 3. The Morgan fingerprint density at radius 1 is 1.26 bits per heavy atom. The van der Waals surface area contributed by atoms with E-state index in [0.717, 1.165) is 12.1 Å². The Balaban J connectivity index is 2.11. The number of phenolic OH excluding ortho intramolecular Hbond substituents is 1. The van der Waals surface area contributed by atoms with Gasteiger partial charge in [-0.25, -0.2) is 4.39 Å². The third-order valence-corrected chi connectivity index (χ3v) is 3.96. The summed E-state index contributed by atoms with van der Waals surface area (Å²) in [4.78, 5) is 11.1. The largest absolute Gasteiger partial charge is 0.502 e. The van der Waals surface area contributed by atoms with Gasteiger partial charge in [-0.2, -0.15) is 13.2 Å². The Kier molecular flexibility index (Phi) is 4.86. The zero-order valence-corrected chi connectivity index (χ0v) is 14.1. The third kappa shape index (κ3) is 3.76. The van der Waals surface area contributed by atoms with Gasteiger partial charge in [-0.15, -0.1) is 0 Å². The van der Waals surface area contributed by atoms with Crippen molar-refractivity contribution in [1.29, 1.82) is 0 Å². The van der Waals surface area contributed by atoms with Crippen LogP contribution in [-0.4, -0.2) is 30.3 Å². The zero-order chi connectivity index (χ0) is 19.8. The Morgan fingerprint density at radius 2 is 1.96 bits per heavy atom. The van der Waals surface area contributed by atoms with E-state index in [0.29, 0.717) is 0 Å². The minimum atomic E-state index is -4.68. The van der Waals surface area contributed by atoms with E-state index in [4.69, 9.17) is 9.47 Å². The van der Waals surface area contributed by atoms with Crippen molar-refractivity contribution in [2.75, 3.05) is 13.2 Å². The van der Waals surface area contributed by atoms with Gasteiger partial charge in [0.15, 0.2) is 17.3 Å². The van der Waals surface area contributed by atoms with Gasteiger partial charge < -0.3 is 19.9 Å². The summed E-state index contributed by atoms with van der Waals surface area (Å²) >= 11 is 0. The summed E-state index contributed by atoms with van der Waals surface area (Å²) in [6.45, 7) is 1.21. The van der Waals surface area contributed by atoms with Gasteiger partial charge in [0.25, 0.3) is 0 Å². The molecule has 1 atom stereocenters. The summed E-state index contributed by atoms with van der Waals surface area (Å²) in [7, 11) is 0. The van der Waals surface area contributed by atoms with Crippen LogP contribution in [0.25, 0.3) is 11.1 Å². The normalized spacial score (nSPS) is 16.1. The van der Waals surface area contributed by atoms with E-state index in [1.807, 2.05) is 0 Å². The lowest BCUT2D eigenvalue weighted by atomic mass is 9.97. The van der Waals surface area contributed by atoms with Crippen molar-refractivity contribution in [2.24, 2.45) is 0 Å². The molecule has 144 valence electrons. The highest BCUT2D eigenvalue weighted by Gasteiger charge is 2.36. The summed E-state index contributed by atoms with van der Waals surface area (Å²) < 4.78 is 65.2. The molecular weight excluding hydrogens is 370 g/mol. The highest BCUT2D eigenvalue weighted by Crippen LogP contribution is 2.50. The number of fused-ring (bicyclic) bond motifs is 1. The van der Waals surface area contributed by atoms with Crippen molar-refractivity contribution in [3.05, 3.63) is 41.7 Å². The number of alkyl halides is 3. The number of halogens is 4. The number of aromatic hydroxyl groups is 1. The van der Waals surface area contributed by atoms with Crippen molar-refractivity contribution in [1.82, 2.24) is 5.32 Å². The zero-order valence-electron chi connectivity index (χ0n) is 14.1. The second-order valence-electron chi connectivity index (χ2n) is 5.94. The molecule has 9 heteroatoms. The fraction of sp³-hybridized carbons (Fsp3) is 0.278. The van der Waals surface area contributed by atoms with Crippen LogP contribution in [0.3, 0.4) is 0 Å². The molecule has 5 nitrogen and oxygen atoms in total. The van der Waals surface area contributed by atoms with E-state index in [1.54, 1.807) is 0 Å². The number of hydrogen-bond acceptors (Lipinski definition) is 4. The number of nitrogens with one attached hydrogen (secondary N) is 1. The smallest absolute Gasteiger partial charge is 0.417 e. The fourth-order valence-corrected chi connectivity index (χ4v) is 2.75. The fourth-order valence-electron chi connectivity index (χ4n) is 2.75. The Bertz CT molecular complexity index is 882. The molecule has 2 N–H and O–H groups in total. The predicted octanol–water partition coefficient (Wildman–Crippen LogP) is 3.49. The quantitative estimate of drug-likeness (QED) is 0.794. The van der Waals surface area contributed by atoms with E-state index >= 15 is 0 Å². The van der Waals surface area contributed by atoms with Crippen LogP contribution in [0, 0.1) is 5.82 Å². The van der Waals surface area contributed by atoms with Gasteiger partial charge in [0.05, 0.1) is 12.1 Å². The maximum atomic E-state index is 14.1. The molecule has 0 saturated heterocycles. The Labute approximate surface area is 151 Å². The van der Waals surface area contributed by atoms with Gasteiger partial charge >= 0.3 is 6.18 Å². The van der Waals surface area contributed by atoms with Crippen LogP contribution in [0.5, 0.6) is 17.2 Å². The maximum absolute atomic E-state index is 14.1. The molecule has 2 aromatic carbocycles. The Hall–Kier alpha value is -2.97. The van der Waals surface area contributed by atoms with Gasteiger partial charge in [-0.1, -0.05) is 18.2 Å². The van der Waals surface area contributed by atoms with Gasteiger partial charge in [0, 0.05) is 12.5 Å². The summed E-state index contributed by atoms with van der Waals surface area (Å²) in [6.07, 6.45) is -5.40. The maximum Gasteiger partial charge on any atom is 0.417 e. The van der Waals surface area contributed by atoms with Crippen molar-refractivity contribution >= 4 is 5.91 Å². The van der Waals surface area contributed by atoms with E-state index in [1.165, 1.54) is 25.1 Å². The van der Waals surface area contributed by atoms with Crippen LogP contribution in [0.2, 0.25) is 0 Å². The van der Waals surface area contributed by atoms with Crippen LogP contribution < -0.4 is 14.8 Å². The molecule has 0 radical (unpaired) electrons. The summed E-state index contributed by atoms with van der Waals surface area (Å²) in [5.41, 5.74) is -1.51. The number of benzene rings is 2. The predicted molar refractivity (Wildman–Crippen MR) is 87.1 cm³/mol. The molecule has 2 aromatic rings. The van der Waals surface area contributed by atoms with Gasteiger partial charge in [0.1, 0.15) is 12.7 Å². The van der Waals surface area contributed by atoms with Crippen molar-refractivity contribution < 1.29 is 36.9 Å². The molecule has 1 heterocycles. The highest BCUT2D eigenvalue weighted by molar-refractivity contribution is 5.79. The molecule has 0 bridgehead atoms. The minimum absolute atomic E-state index is 0.0350. The first-order valence-electron chi connectivity index (χ1n) is 7.94. The standard InChI is InChI=1S/C18H15F4NO4/c1-9(24)23-7-10-8-26-17-15(25)14(19)6-12(16(17)27-10)11-4-2-3-5-13(11)18(20,21)22/h2-6,10,25H,7-8H2,1H3,(H,23,24)/t10-/m0/s1. The number of ether oxygens (including phenoxy) is 2. The van der Waals surface area contributed by atoms with Crippen molar-refractivity contribution in [2.45, 2.75) is 19.2 Å². The van der Waals surface area contributed by atoms with Crippen LogP contribution in [0.1, 0.15) is 12.5 Å². The molecule has 0 aliphatic carbocycles. The molecule has 0 fully saturated rings. The molecular formula is C18H15F4NO4. The molecule has 0 spiro atoms. The van der Waals surface area contributed by atoms with E-state index in [-0.39, 0.29) is 41.7 Å². The van der Waals surface area contributed by atoms with Crippen LogP contribution in [0.4, 0.5) is 17.6 Å². The van der Waals surface area contributed by atoms with Crippen molar-refractivity contribution in [3.63, 3.8) is 0 Å². The monoisotopic (exact) mass is 385 g/mol. The number of phenols is 1. The van der Waals surface area contributed by atoms with Crippen LogP contribution in [0.15, 0.2) is 30.3 Å². The highest BCUT2D eigenvalue weighted by atomic mass is 19.4. The van der Waals surface area contributed by atoms with Gasteiger partial charge in [0.2, 0.25) is 11.7 Å². The third-order valence-electron chi connectivity index (χ3n) is 3.96. The van der Waals surface area contributed by atoms with Crippen LogP contribution >= 0.6 is 0 Å². The molecule has 0 unspecified atom stereocenters. The molecule has 1 amide bonds. The molecule has 3 rings (SSSR count). The SMILES string of the molecule is CC(=O)NC[C@H]1COc2c(O)c(F)cc(-c3ccccc3C(F)(F)F)c2O1. The lowest BCUT2D eigenvalue weighted by Crippen LogP contribution is -2.40.